The number of hydrogen-bond donors (Lipinski definition) is 1. The van der Waals surface area contributed by atoms with E-state index in [1.165, 1.54) is 11.8 Å². The second kappa shape index (κ2) is 9.91. The Labute approximate surface area is 168 Å². The zero-order valence-corrected chi connectivity index (χ0v) is 16.6. The van der Waals surface area contributed by atoms with Crippen molar-refractivity contribution in [3.8, 4) is 17.1 Å². The molecule has 1 amide bonds. The summed E-state index contributed by atoms with van der Waals surface area (Å²) in [6.07, 6.45) is 0. The molecule has 0 fully saturated rings. The number of amides is 1. The molecule has 0 aliphatic heterocycles. The van der Waals surface area contributed by atoms with Gasteiger partial charge in [-0.05, 0) is 24.3 Å². The minimum atomic E-state index is -0.113. The van der Waals surface area contributed by atoms with Gasteiger partial charge in [0.2, 0.25) is 5.91 Å². The Kier molecular flexibility index (Phi) is 7.05. The summed E-state index contributed by atoms with van der Waals surface area (Å²) >= 11 is 1.35. The molecule has 8 heteroatoms. The fourth-order valence-electron chi connectivity index (χ4n) is 2.58. The van der Waals surface area contributed by atoms with Crippen LogP contribution in [0, 0.1) is 0 Å². The minimum Gasteiger partial charge on any atom is -0.497 e. The third kappa shape index (κ3) is 5.11. The number of hydrogen-bond acceptors (Lipinski definition) is 6. The average Bonchev–Trinajstić information content (AvgIpc) is 3.14. The van der Waals surface area contributed by atoms with E-state index in [2.05, 4.69) is 15.5 Å². The fourth-order valence-corrected chi connectivity index (χ4v) is 3.35. The lowest BCUT2D eigenvalue weighted by Gasteiger charge is -2.10. The van der Waals surface area contributed by atoms with E-state index < -0.39 is 0 Å². The second-order valence-corrected chi connectivity index (χ2v) is 6.82. The number of methoxy groups -OCH3 is 2. The average molecular weight is 398 g/mol. The molecule has 7 nitrogen and oxygen atoms in total. The van der Waals surface area contributed by atoms with Crippen molar-refractivity contribution < 1.29 is 14.3 Å². The molecule has 1 aromatic heterocycles. The zero-order chi connectivity index (χ0) is 19.8. The molecule has 0 atom stereocenters. The first-order chi connectivity index (χ1) is 13.7. The first-order valence-electron chi connectivity index (χ1n) is 8.75. The smallest absolute Gasteiger partial charge is 0.234 e. The Morgan fingerprint density at radius 2 is 1.82 bits per heavy atom. The van der Waals surface area contributed by atoms with E-state index in [0.717, 1.165) is 22.8 Å². The molecular formula is C20H22N4O3S. The molecule has 0 radical (unpaired) electrons. The number of ether oxygens (including phenoxy) is 2. The number of thioether (sulfide) groups is 1. The summed E-state index contributed by atoms with van der Waals surface area (Å²) in [4.78, 5) is 12.3. The summed E-state index contributed by atoms with van der Waals surface area (Å²) in [7, 11) is 3.26. The van der Waals surface area contributed by atoms with Crippen molar-refractivity contribution in [2.24, 2.45) is 0 Å². The van der Waals surface area contributed by atoms with Crippen molar-refractivity contribution in [1.29, 1.82) is 0 Å². The van der Waals surface area contributed by atoms with Crippen molar-refractivity contribution in [1.82, 2.24) is 14.8 Å². The van der Waals surface area contributed by atoms with Gasteiger partial charge < -0.3 is 14.8 Å². The highest BCUT2D eigenvalue weighted by Crippen LogP contribution is 2.24. The topological polar surface area (TPSA) is 78.3 Å². The number of nitrogens with zero attached hydrogens (tertiary/aromatic N) is 3. The number of aromatic nitrogens is 3. The molecule has 3 aromatic rings. The number of carbonyl (C=O) groups is 1. The van der Waals surface area contributed by atoms with Gasteiger partial charge in [0.1, 0.15) is 5.75 Å². The van der Waals surface area contributed by atoms with Gasteiger partial charge in [0, 0.05) is 18.4 Å². The maximum atomic E-state index is 12.3. The SMILES string of the molecule is COCCn1c(SCC(=O)Nc2ccc(OC)cc2)nnc1-c1ccccc1. The highest BCUT2D eigenvalue weighted by atomic mass is 32.2. The lowest BCUT2D eigenvalue weighted by molar-refractivity contribution is -0.113. The van der Waals surface area contributed by atoms with Crippen LogP contribution in [0.3, 0.4) is 0 Å². The Hall–Kier alpha value is -2.84. The molecule has 1 N–H and O–H groups in total. The molecule has 146 valence electrons. The van der Waals surface area contributed by atoms with Gasteiger partial charge in [-0.3, -0.25) is 9.36 Å². The number of rotatable bonds is 9. The second-order valence-electron chi connectivity index (χ2n) is 5.88. The molecule has 0 aliphatic carbocycles. The molecule has 0 saturated carbocycles. The normalized spacial score (nSPS) is 10.6. The fraction of sp³-hybridized carbons (Fsp3) is 0.250. The Morgan fingerprint density at radius 1 is 1.07 bits per heavy atom. The van der Waals surface area contributed by atoms with Crippen LogP contribution >= 0.6 is 11.8 Å². The van der Waals surface area contributed by atoms with Gasteiger partial charge in [-0.15, -0.1) is 10.2 Å². The van der Waals surface area contributed by atoms with Crippen molar-refractivity contribution >= 4 is 23.4 Å². The molecule has 2 aromatic carbocycles. The third-order valence-electron chi connectivity index (χ3n) is 3.97. The highest BCUT2D eigenvalue weighted by molar-refractivity contribution is 7.99. The van der Waals surface area contributed by atoms with Gasteiger partial charge in [0.05, 0.1) is 26.0 Å². The summed E-state index contributed by atoms with van der Waals surface area (Å²) in [6, 6.07) is 17.0. The minimum absolute atomic E-state index is 0.113. The van der Waals surface area contributed by atoms with Crippen LogP contribution in [0.1, 0.15) is 0 Å². The van der Waals surface area contributed by atoms with E-state index in [1.54, 1.807) is 38.5 Å². The van der Waals surface area contributed by atoms with Crippen molar-refractivity contribution in [2.75, 3.05) is 31.9 Å². The van der Waals surface area contributed by atoms with Gasteiger partial charge >= 0.3 is 0 Å². The van der Waals surface area contributed by atoms with Crippen LogP contribution in [0.5, 0.6) is 5.75 Å². The summed E-state index contributed by atoms with van der Waals surface area (Å²) < 4.78 is 12.3. The van der Waals surface area contributed by atoms with Crippen LogP contribution in [-0.2, 0) is 16.1 Å². The van der Waals surface area contributed by atoms with E-state index in [0.29, 0.717) is 18.3 Å². The van der Waals surface area contributed by atoms with Crippen LogP contribution in [0.4, 0.5) is 5.69 Å². The summed E-state index contributed by atoms with van der Waals surface area (Å²) in [5.41, 5.74) is 1.69. The van der Waals surface area contributed by atoms with Crippen LogP contribution in [0.25, 0.3) is 11.4 Å². The first kappa shape index (κ1) is 19.9. The quantitative estimate of drug-likeness (QED) is 0.557. The molecular weight excluding hydrogens is 376 g/mol. The molecule has 0 unspecified atom stereocenters. The lowest BCUT2D eigenvalue weighted by Crippen LogP contribution is -2.15. The summed E-state index contributed by atoms with van der Waals surface area (Å²) in [5.74, 6) is 1.62. The van der Waals surface area contributed by atoms with E-state index >= 15 is 0 Å². The summed E-state index contributed by atoms with van der Waals surface area (Å²) in [6.45, 7) is 1.14. The zero-order valence-electron chi connectivity index (χ0n) is 15.8. The van der Waals surface area contributed by atoms with Gasteiger partial charge in [0.15, 0.2) is 11.0 Å². The van der Waals surface area contributed by atoms with E-state index in [9.17, 15) is 4.79 Å². The first-order valence-corrected chi connectivity index (χ1v) is 9.74. The predicted molar refractivity (Wildman–Crippen MR) is 110 cm³/mol. The van der Waals surface area contributed by atoms with E-state index in [1.807, 2.05) is 34.9 Å². The van der Waals surface area contributed by atoms with Crippen molar-refractivity contribution in [3.05, 3.63) is 54.6 Å². The Morgan fingerprint density at radius 3 is 2.50 bits per heavy atom. The molecule has 0 saturated heterocycles. The van der Waals surface area contributed by atoms with E-state index in [-0.39, 0.29) is 11.7 Å². The number of benzene rings is 2. The number of carbonyl (C=O) groups excluding carboxylic acids is 1. The number of nitrogens with one attached hydrogen (secondary N) is 1. The standard InChI is InChI=1S/C20H22N4O3S/c1-26-13-12-24-19(15-6-4-3-5-7-15)22-23-20(24)28-14-18(25)21-16-8-10-17(27-2)11-9-16/h3-11H,12-14H2,1-2H3,(H,21,25). The molecule has 3 rings (SSSR count). The largest absolute Gasteiger partial charge is 0.497 e. The Balaban J connectivity index is 1.67. The van der Waals surface area contributed by atoms with Gasteiger partial charge in [-0.1, -0.05) is 42.1 Å². The maximum absolute atomic E-state index is 12.3. The van der Waals surface area contributed by atoms with Crippen LogP contribution < -0.4 is 10.1 Å². The molecule has 0 spiro atoms. The predicted octanol–water partition coefficient (Wildman–Crippen LogP) is 3.33. The maximum Gasteiger partial charge on any atom is 0.234 e. The monoisotopic (exact) mass is 398 g/mol. The van der Waals surface area contributed by atoms with Crippen molar-refractivity contribution in [2.45, 2.75) is 11.7 Å². The van der Waals surface area contributed by atoms with Crippen molar-refractivity contribution in [3.63, 3.8) is 0 Å². The van der Waals surface area contributed by atoms with Gasteiger partial charge in [-0.25, -0.2) is 0 Å². The van der Waals surface area contributed by atoms with Gasteiger partial charge in [-0.2, -0.15) is 0 Å². The Bertz CT molecular complexity index is 898. The molecule has 0 aliphatic rings. The summed E-state index contributed by atoms with van der Waals surface area (Å²) in [5, 5.41) is 12.1. The highest BCUT2D eigenvalue weighted by Gasteiger charge is 2.15. The van der Waals surface area contributed by atoms with Crippen LogP contribution in [-0.4, -0.2) is 47.3 Å². The third-order valence-corrected chi connectivity index (χ3v) is 4.94. The number of anilines is 1. The molecule has 0 bridgehead atoms. The van der Waals surface area contributed by atoms with Crippen LogP contribution in [0.15, 0.2) is 59.8 Å². The lowest BCUT2D eigenvalue weighted by atomic mass is 10.2. The molecule has 1 heterocycles. The van der Waals surface area contributed by atoms with Gasteiger partial charge in [0.25, 0.3) is 0 Å². The van der Waals surface area contributed by atoms with Crippen LogP contribution in [0.2, 0.25) is 0 Å². The molecule has 28 heavy (non-hydrogen) atoms. The van der Waals surface area contributed by atoms with E-state index in [4.69, 9.17) is 9.47 Å².